The van der Waals surface area contributed by atoms with Crippen molar-refractivity contribution < 1.29 is 9.18 Å². The van der Waals surface area contributed by atoms with Gasteiger partial charge in [-0.15, -0.1) is 5.10 Å². The molecule has 4 aromatic rings. The van der Waals surface area contributed by atoms with Gasteiger partial charge < -0.3 is 0 Å². The molecule has 0 bridgehead atoms. The van der Waals surface area contributed by atoms with Crippen molar-refractivity contribution in [2.45, 2.75) is 31.2 Å². The van der Waals surface area contributed by atoms with Gasteiger partial charge in [0.2, 0.25) is 0 Å². The van der Waals surface area contributed by atoms with E-state index in [2.05, 4.69) is 24.6 Å². The lowest BCUT2D eigenvalue weighted by Crippen LogP contribution is -2.55. The first-order valence-corrected chi connectivity index (χ1v) is 12.8. The maximum Gasteiger partial charge on any atom is 0.189 e. The fourth-order valence-corrected chi connectivity index (χ4v) is 6.58. The van der Waals surface area contributed by atoms with Gasteiger partial charge in [-0.05, 0) is 91.6 Å². The highest BCUT2D eigenvalue weighted by atomic mass is 32.2. The van der Waals surface area contributed by atoms with Crippen LogP contribution in [0.1, 0.15) is 33.7 Å². The lowest BCUT2D eigenvalue weighted by Gasteiger charge is -2.49. The molecular formula is C26H26FN7OS. The van der Waals surface area contributed by atoms with Crippen molar-refractivity contribution in [2.24, 2.45) is 18.4 Å². The molecule has 0 saturated carbocycles. The molecule has 2 unspecified atom stereocenters. The maximum absolute atomic E-state index is 14.2. The van der Waals surface area contributed by atoms with Crippen LogP contribution in [0, 0.1) is 24.1 Å². The Labute approximate surface area is 212 Å². The number of fused-ring (bicyclic) bond motifs is 2. The number of rotatable bonds is 5. The molecule has 0 radical (unpaired) electrons. The summed E-state index contributed by atoms with van der Waals surface area (Å²) in [7, 11) is 1.80. The molecule has 0 spiro atoms. The minimum absolute atomic E-state index is 0.0841. The first-order chi connectivity index (χ1) is 17.4. The second kappa shape index (κ2) is 8.94. The number of halogens is 1. The lowest BCUT2D eigenvalue weighted by atomic mass is 9.60. The molecule has 0 N–H and O–H groups in total. The van der Waals surface area contributed by atoms with Gasteiger partial charge in [0.1, 0.15) is 11.5 Å². The third-order valence-electron chi connectivity index (χ3n) is 7.34. The van der Waals surface area contributed by atoms with Crippen LogP contribution < -0.4 is 0 Å². The summed E-state index contributed by atoms with van der Waals surface area (Å²) in [6.07, 6.45) is 7.50. The molecule has 36 heavy (non-hydrogen) atoms. The van der Waals surface area contributed by atoms with E-state index in [-0.39, 0.29) is 17.5 Å². The standard InChI is InChI=1S/C26H26FN7OS/c1-17-7-9-28-22(11-17)25(35)26-13-18-14-30-34(21-5-3-20(27)4-6-21)23(18)12-19(26)8-10-33(16-26)36-24-15-29-32(2)31-24/h3-7,9,11,14-15,19H,8,10,12-13,16H2,1-2H3. The van der Waals surface area contributed by atoms with E-state index in [0.717, 1.165) is 46.9 Å². The van der Waals surface area contributed by atoms with Crippen LogP contribution in [0.5, 0.6) is 0 Å². The number of nitrogens with zero attached hydrogens (tertiary/aromatic N) is 7. The van der Waals surface area contributed by atoms with Crippen LogP contribution in [-0.4, -0.2) is 52.9 Å². The number of ketones is 1. The number of aryl methyl sites for hydroxylation is 2. The third kappa shape index (κ3) is 4.04. The van der Waals surface area contributed by atoms with Gasteiger partial charge >= 0.3 is 0 Å². The number of carbonyl (C=O) groups is 1. The molecule has 1 aromatic carbocycles. The van der Waals surface area contributed by atoms with E-state index in [9.17, 15) is 9.18 Å². The predicted octanol–water partition coefficient (Wildman–Crippen LogP) is 3.84. The van der Waals surface area contributed by atoms with Gasteiger partial charge in [0.25, 0.3) is 0 Å². The normalized spacial score (nSPS) is 21.7. The SMILES string of the molecule is Cc1ccnc(C(=O)C23Cc4cnn(-c5ccc(F)cc5)c4CC2CCN(Sc2cnn(C)n2)C3)c1. The van der Waals surface area contributed by atoms with Gasteiger partial charge in [0.05, 0.1) is 23.5 Å². The van der Waals surface area contributed by atoms with Crippen molar-refractivity contribution in [3.05, 3.63) is 83.3 Å². The number of hydrogen-bond acceptors (Lipinski definition) is 7. The number of hydrogen-bond donors (Lipinski definition) is 0. The van der Waals surface area contributed by atoms with Gasteiger partial charge in [-0.3, -0.25) is 9.78 Å². The molecule has 10 heteroatoms. The zero-order valence-electron chi connectivity index (χ0n) is 20.1. The molecule has 1 aliphatic heterocycles. The molecule has 0 amide bonds. The smallest absolute Gasteiger partial charge is 0.189 e. The van der Waals surface area contributed by atoms with Gasteiger partial charge in [-0.2, -0.15) is 15.0 Å². The van der Waals surface area contributed by atoms with Gasteiger partial charge in [-0.25, -0.2) is 13.4 Å². The van der Waals surface area contributed by atoms with E-state index in [1.807, 2.05) is 29.9 Å². The Morgan fingerprint density at radius 3 is 2.75 bits per heavy atom. The van der Waals surface area contributed by atoms with Crippen molar-refractivity contribution in [3.8, 4) is 5.69 Å². The summed E-state index contributed by atoms with van der Waals surface area (Å²) in [5.41, 5.74) is 3.89. The minimum atomic E-state index is -0.627. The molecule has 2 aliphatic rings. The summed E-state index contributed by atoms with van der Waals surface area (Å²) >= 11 is 1.55. The number of pyridine rings is 1. The van der Waals surface area contributed by atoms with Crippen LogP contribution in [0.3, 0.4) is 0 Å². The number of aromatic nitrogens is 6. The summed E-state index contributed by atoms with van der Waals surface area (Å²) < 4.78 is 17.7. The van der Waals surface area contributed by atoms with Crippen LogP contribution in [0.4, 0.5) is 4.39 Å². The van der Waals surface area contributed by atoms with Crippen LogP contribution >= 0.6 is 11.9 Å². The Kier molecular flexibility index (Phi) is 5.72. The molecule has 3 aromatic heterocycles. The van der Waals surface area contributed by atoms with Crippen molar-refractivity contribution in [3.63, 3.8) is 0 Å². The van der Waals surface area contributed by atoms with Crippen molar-refractivity contribution in [1.82, 2.24) is 34.1 Å². The van der Waals surface area contributed by atoms with Crippen LogP contribution in [0.25, 0.3) is 5.69 Å². The van der Waals surface area contributed by atoms with Crippen molar-refractivity contribution >= 4 is 17.7 Å². The van der Waals surface area contributed by atoms with E-state index in [1.54, 1.807) is 48.3 Å². The topological polar surface area (TPSA) is 81.7 Å². The minimum Gasteiger partial charge on any atom is -0.292 e. The number of piperidine rings is 1. The van der Waals surface area contributed by atoms with E-state index in [0.29, 0.717) is 18.7 Å². The Hall–Kier alpha value is -3.37. The summed E-state index contributed by atoms with van der Waals surface area (Å²) in [5, 5.41) is 14.1. The molecule has 1 fully saturated rings. The van der Waals surface area contributed by atoms with Gasteiger partial charge in [0.15, 0.2) is 10.8 Å². The predicted molar refractivity (Wildman–Crippen MR) is 133 cm³/mol. The van der Waals surface area contributed by atoms with E-state index < -0.39 is 5.41 Å². The molecule has 184 valence electrons. The molecular weight excluding hydrogens is 477 g/mol. The van der Waals surface area contributed by atoms with Crippen LogP contribution in [0.2, 0.25) is 0 Å². The van der Waals surface area contributed by atoms with E-state index in [4.69, 9.17) is 0 Å². The summed E-state index contributed by atoms with van der Waals surface area (Å²) in [6.45, 7) is 3.41. The largest absolute Gasteiger partial charge is 0.292 e. The number of carbonyl (C=O) groups excluding carboxylic acids is 1. The summed E-state index contributed by atoms with van der Waals surface area (Å²) in [4.78, 5) is 20.3. The second-order valence-corrected chi connectivity index (χ2v) is 10.8. The summed E-state index contributed by atoms with van der Waals surface area (Å²) in [5.74, 6) is -0.0572. The maximum atomic E-state index is 14.2. The Bertz CT molecular complexity index is 1430. The molecule has 1 saturated heterocycles. The van der Waals surface area contributed by atoms with Crippen molar-refractivity contribution in [2.75, 3.05) is 13.1 Å². The van der Waals surface area contributed by atoms with E-state index in [1.165, 1.54) is 12.1 Å². The van der Waals surface area contributed by atoms with Crippen molar-refractivity contribution in [1.29, 1.82) is 0 Å². The molecule has 4 heterocycles. The average Bonchev–Trinajstić information content (AvgIpc) is 3.47. The van der Waals surface area contributed by atoms with E-state index >= 15 is 0 Å². The van der Waals surface area contributed by atoms with Crippen LogP contribution in [-0.2, 0) is 19.9 Å². The molecule has 2 atom stereocenters. The zero-order valence-corrected chi connectivity index (χ0v) is 21.0. The monoisotopic (exact) mass is 503 g/mol. The average molecular weight is 504 g/mol. The quantitative estimate of drug-likeness (QED) is 0.302. The highest BCUT2D eigenvalue weighted by Crippen LogP contribution is 2.49. The Morgan fingerprint density at radius 1 is 1.17 bits per heavy atom. The van der Waals surface area contributed by atoms with Crippen LogP contribution in [0.15, 0.2) is 60.0 Å². The molecule has 1 aliphatic carbocycles. The van der Waals surface area contributed by atoms with Gasteiger partial charge in [-0.1, -0.05) is 0 Å². The number of Topliss-reactive ketones (excluding diaryl/α,β-unsaturated/α-hetero) is 1. The summed E-state index contributed by atoms with van der Waals surface area (Å²) in [6, 6.07) is 10.2. The molecule has 8 nitrogen and oxygen atoms in total. The van der Waals surface area contributed by atoms with Gasteiger partial charge in [0, 0.05) is 32.0 Å². The third-order valence-corrected chi connectivity index (χ3v) is 8.28. The Morgan fingerprint density at radius 2 is 2.00 bits per heavy atom. The first-order valence-electron chi connectivity index (χ1n) is 12.0. The zero-order chi connectivity index (χ0) is 24.9. The fourth-order valence-electron chi connectivity index (χ4n) is 5.58. The lowest BCUT2D eigenvalue weighted by molar-refractivity contribution is 0.0411. The highest BCUT2D eigenvalue weighted by molar-refractivity contribution is 7.97. The first kappa shape index (κ1) is 23.1. The second-order valence-electron chi connectivity index (χ2n) is 9.70. The molecule has 6 rings (SSSR count). The number of benzene rings is 1. The highest BCUT2D eigenvalue weighted by Gasteiger charge is 2.53. The Balaban J connectivity index is 1.38. The fraction of sp³-hybridized carbons (Fsp3) is 0.346.